The Kier molecular flexibility index (Phi) is 7.08. The summed E-state index contributed by atoms with van der Waals surface area (Å²) in [5.41, 5.74) is 0.852. The lowest BCUT2D eigenvalue weighted by atomic mass is 10.1. The fourth-order valence-electron chi connectivity index (χ4n) is 1.90. The number of H-pyrrole nitrogens is 1. The highest BCUT2D eigenvalue weighted by Gasteiger charge is 2.24. The number of imide groups is 1. The van der Waals surface area contributed by atoms with Gasteiger partial charge in [-0.2, -0.15) is 0 Å². The second-order valence-electron chi connectivity index (χ2n) is 5.72. The Morgan fingerprint density at radius 3 is 2.68 bits per heavy atom. The monoisotopic (exact) mass is 380 g/mol. The maximum Gasteiger partial charge on any atom is 0.418 e. The van der Waals surface area contributed by atoms with Crippen LogP contribution in [-0.2, 0) is 11.3 Å². The van der Waals surface area contributed by atoms with Gasteiger partial charge in [0.2, 0.25) is 5.13 Å². The van der Waals surface area contributed by atoms with E-state index < -0.39 is 12.1 Å². The minimum atomic E-state index is -0.693. The van der Waals surface area contributed by atoms with Crippen LogP contribution in [0.1, 0.15) is 25.8 Å². The number of hydrogen-bond acceptors (Lipinski definition) is 6. The summed E-state index contributed by atoms with van der Waals surface area (Å²) in [6, 6.07) is 8.71. The number of carbonyl (C=O) groups is 2. The molecule has 3 amide bonds. The van der Waals surface area contributed by atoms with Crippen molar-refractivity contribution in [3.8, 4) is 0 Å². The average Bonchev–Trinajstić information content (AvgIpc) is 2.98. The minimum Gasteiger partial charge on any atom is -0.444 e. The van der Waals surface area contributed by atoms with Gasteiger partial charge in [-0.3, -0.25) is 10.4 Å². The molecular weight excluding hydrogens is 360 g/mol. The van der Waals surface area contributed by atoms with Gasteiger partial charge in [-0.05, 0) is 30.1 Å². The van der Waals surface area contributed by atoms with Crippen LogP contribution in [0.25, 0.3) is 0 Å². The third-order valence-corrected chi connectivity index (χ3v) is 4.26. The van der Waals surface area contributed by atoms with Gasteiger partial charge in [0.15, 0.2) is 3.95 Å². The Morgan fingerprint density at radius 2 is 2.08 bits per heavy atom. The number of hydrogen-bond donors (Lipinski definition) is 2. The Bertz CT molecular complexity index is 758. The third kappa shape index (κ3) is 6.28. The minimum absolute atomic E-state index is 0.104. The van der Waals surface area contributed by atoms with Crippen LogP contribution in [-0.4, -0.2) is 33.8 Å². The summed E-state index contributed by atoms with van der Waals surface area (Å²) in [4.78, 5) is 25.8. The van der Waals surface area contributed by atoms with Crippen LogP contribution in [0.4, 0.5) is 14.7 Å². The number of benzene rings is 1. The molecular formula is C16H20N4O3S2. The van der Waals surface area contributed by atoms with E-state index in [0.29, 0.717) is 21.4 Å². The first-order valence-electron chi connectivity index (χ1n) is 7.80. The van der Waals surface area contributed by atoms with Crippen molar-refractivity contribution in [3.63, 3.8) is 0 Å². The number of ether oxygens (including phenoxy) is 1. The Hall–Kier alpha value is -2.26. The summed E-state index contributed by atoms with van der Waals surface area (Å²) in [5.74, 6) is 0.338. The van der Waals surface area contributed by atoms with Crippen LogP contribution < -0.4 is 5.32 Å². The molecule has 0 aliphatic rings. The molecule has 2 rings (SSSR count). The van der Waals surface area contributed by atoms with Crippen LogP contribution in [0.15, 0.2) is 30.3 Å². The molecule has 1 aromatic heterocycles. The molecule has 7 nitrogen and oxygen atoms in total. The lowest BCUT2D eigenvalue weighted by molar-refractivity contribution is 0.105. The van der Waals surface area contributed by atoms with Crippen LogP contribution >= 0.6 is 23.6 Å². The Labute approximate surface area is 155 Å². The van der Waals surface area contributed by atoms with Crippen molar-refractivity contribution in [2.45, 2.75) is 26.9 Å². The Balaban J connectivity index is 2.01. The number of anilines is 1. The molecule has 0 spiro atoms. The van der Waals surface area contributed by atoms with Gasteiger partial charge in [0.25, 0.3) is 0 Å². The van der Waals surface area contributed by atoms with E-state index in [9.17, 15) is 9.59 Å². The van der Waals surface area contributed by atoms with Crippen molar-refractivity contribution < 1.29 is 14.3 Å². The van der Waals surface area contributed by atoms with Gasteiger partial charge in [-0.15, -0.1) is 5.10 Å². The number of carbonyl (C=O) groups excluding carboxylic acids is 2. The van der Waals surface area contributed by atoms with Crippen molar-refractivity contribution in [1.82, 2.24) is 15.1 Å². The van der Waals surface area contributed by atoms with E-state index >= 15 is 0 Å². The summed E-state index contributed by atoms with van der Waals surface area (Å²) >= 11 is 6.05. The molecule has 0 saturated heterocycles. The third-order valence-electron chi connectivity index (χ3n) is 3.25. The molecule has 0 unspecified atom stereocenters. The fourth-order valence-corrected chi connectivity index (χ4v) is 2.68. The van der Waals surface area contributed by atoms with Crippen molar-refractivity contribution in [2.75, 3.05) is 11.9 Å². The van der Waals surface area contributed by atoms with E-state index in [1.54, 1.807) is 0 Å². The molecule has 1 aromatic carbocycles. The Morgan fingerprint density at radius 1 is 1.36 bits per heavy atom. The first-order valence-corrected chi connectivity index (χ1v) is 9.03. The molecule has 0 radical (unpaired) electrons. The standard InChI is InChI=1S/C16H20N4O3S2/c1-11(2)8-9-20(14(21)17-13-18-19-15(24)25-13)16(22)23-10-12-6-4-3-5-7-12/h3-7,11H,8-10H2,1-2H3,(H,19,24)(H,17,18,21). The number of nitrogens with zero attached hydrogens (tertiary/aromatic N) is 2. The molecule has 9 heteroatoms. The zero-order chi connectivity index (χ0) is 18.2. The highest BCUT2D eigenvalue weighted by Crippen LogP contribution is 2.13. The maximum absolute atomic E-state index is 12.4. The van der Waals surface area contributed by atoms with Crippen LogP contribution in [0.3, 0.4) is 0 Å². The first-order chi connectivity index (χ1) is 12.0. The number of urea groups is 1. The van der Waals surface area contributed by atoms with Crippen molar-refractivity contribution in [1.29, 1.82) is 0 Å². The fraction of sp³-hybridized carbons (Fsp3) is 0.375. The average molecular weight is 380 g/mol. The van der Waals surface area contributed by atoms with E-state index in [0.717, 1.165) is 21.8 Å². The van der Waals surface area contributed by atoms with E-state index in [-0.39, 0.29) is 13.2 Å². The quantitative estimate of drug-likeness (QED) is 0.725. The molecule has 0 aliphatic heterocycles. The molecule has 134 valence electrons. The highest BCUT2D eigenvalue weighted by molar-refractivity contribution is 7.73. The van der Waals surface area contributed by atoms with Gasteiger partial charge < -0.3 is 4.74 Å². The SMILES string of the molecule is CC(C)CCN(C(=O)Nc1n[nH]c(=S)s1)C(=O)OCc1ccccc1. The normalized spacial score (nSPS) is 10.5. The van der Waals surface area contributed by atoms with Gasteiger partial charge in [-0.25, -0.2) is 14.5 Å². The highest BCUT2D eigenvalue weighted by atomic mass is 32.1. The van der Waals surface area contributed by atoms with Gasteiger partial charge in [0, 0.05) is 6.54 Å². The van der Waals surface area contributed by atoms with E-state index in [2.05, 4.69) is 15.5 Å². The van der Waals surface area contributed by atoms with Crippen molar-refractivity contribution in [2.24, 2.45) is 5.92 Å². The molecule has 2 aromatic rings. The largest absolute Gasteiger partial charge is 0.444 e. The molecule has 0 aliphatic carbocycles. The van der Waals surface area contributed by atoms with Gasteiger partial charge in [0.05, 0.1) is 0 Å². The molecule has 0 fully saturated rings. The lowest BCUT2D eigenvalue weighted by Gasteiger charge is -2.21. The first kappa shape index (κ1) is 19.1. The second kappa shape index (κ2) is 9.28. The van der Waals surface area contributed by atoms with Crippen molar-refractivity contribution in [3.05, 3.63) is 39.8 Å². The summed E-state index contributed by atoms with van der Waals surface area (Å²) in [6.45, 7) is 4.40. The van der Waals surface area contributed by atoms with Crippen LogP contribution in [0.5, 0.6) is 0 Å². The van der Waals surface area contributed by atoms with Gasteiger partial charge in [-0.1, -0.05) is 55.5 Å². The van der Waals surface area contributed by atoms with E-state index in [4.69, 9.17) is 17.0 Å². The summed E-state index contributed by atoms with van der Waals surface area (Å²) < 4.78 is 5.71. The molecule has 2 N–H and O–H groups in total. The number of rotatable bonds is 6. The lowest BCUT2D eigenvalue weighted by Crippen LogP contribution is -2.41. The summed E-state index contributed by atoms with van der Waals surface area (Å²) in [6.07, 6.45) is -0.0226. The molecule has 0 atom stereocenters. The predicted octanol–water partition coefficient (Wildman–Crippen LogP) is 4.42. The molecule has 0 bridgehead atoms. The number of aromatic amines is 1. The van der Waals surface area contributed by atoms with Crippen LogP contribution in [0.2, 0.25) is 0 Å². The van der Waals surface area contributed by atoms with E-state index in [1.807, 2.05) is 44.2 Å². The zero-order valence-electron chi connectivity index (χ0n) is 14.0. The maximum atomic E-state index is 12.4. The number of nitrogens with one attached hydrogen (secondary N) is 2. The smallest absolute Gasteiger partial charge is 0.418 e. The van der Waals surface area contributed by atoms with Crippen LogP contribution in [0, 0.1) is 9.87 Å². The molecule has 25 heavy (non-hydrogen) atoms. The van der Waals surface area contributed by atoms with E-state index in [1.165, 1.54) is 0 Å². The summed E-state index contributed by atoms with van der Waals surface area (Å²) in [5, 5.41) is 9.31. The predicted molar refractivity (Wildman–Crippen MR) is 99.1 cm³/mol. The molecule has 0 saturated carbocycles. The summed E-state index contributed by atoms with van der Waals surface area (Å²) in [7, 11) is 0. The van der Waals surface area contributed by atoms with Gasteiger partial charge >= 0.3 is 12.1 Å². The van der Waals surface area contributed by atoms with Gasteiger partial charge in [0.1, 0.15) is 6.61 Å². The zero-order valence-corrected chi connectivity index (χ0v) is 15.7. The van der Waals surface area contributed by atoms with Crippen molar-refractivity contribution >= 4 is 40.8 Å². The second-order valence-corrected chi connectivity index (χ2v) is 7.39. The number of aromatic nitrogens is 2. The number of amides is 3. The molecule has 1 heterocycles. The topological polar surface area (TPSA) is 87.3 Å².